The summed E-state index contributed by atoms with van der Waals surface area (Å²) in [4.78, 5) is 37.0. The molecule has 0 aromatic carbocycles. The Morgan fingerprint density at radius 3 is 1.12 bits per heavy atom. The second-order valence-electron chi connectivity index (χ2n) is 7.51. The molecule has 0 spiro atoms. The van der Waals surface area contributed by atoms with Gasteiger partial charge in [-0.05, 0) is 24.3 Å². The molecule has 0 unspecified atom stereocenters. The second kappa shape index (κ2) is 15.1. The zero-order valence-corrected chi connectivity index (χ0v) is 19.3. The normalized spacial score (nSPS) is 18.0. The van der Waals surface area contributed by atoms with Gasteiger partial charge in [0.15, 0.2) is 0 Å². The first kappa shape index (κ1) is 25.7. The number of hydrogen-bond acceptors (Lipinski definition) is 8. The summed E-state index contributed by atoms with van der Waals surface area (Å²) in [5.74, 6) is -0.175. The van der Waals surface area contributed by atoms with Gasteiger partial charge in [0.25, 0.3) is 11.8 Å². The predicted octanol–water partition coefficient (Wildman–Crippen LogP) is 1.14. The third kappa shape index (κ3) is 8.79. The molecular formula is C24H32N4O6. The van der Waals surface area contributed by atoms with Gasteiger partial charge in [-0.25, -0.2) is 0 Å². The zero-order valence-electron chi connectivity index (χ0n) is 19.3. The van der Waals surface area contributed by atoms with Crippen molar-refractivity contribution in [2.24, 2.45) is 0 Å². The van der Waals surface area contributed by atoms with Crippen molar-refractivity contribution in [2.45, 2.75) is 0 Å². The van der Waals surface area contributed by atoms with Gasteiger partial charge in [0, 0.05) is 62.1 Å². The van der Waals surface area contributed by atoms with Gasteiger partial charge < -0.3 is 28.7 Å². The first-order valence-electron chi connectivity index (χ1n) is 11.5. The van der Waals surface area contributed by atoms with Gasteiger partial charge in [0.05, 0.1) is 52.9 Å². The van der Waals surface area contributed by atoms with Crippen molar-refractivity contribution in [1.29, 1.82) is 0 Å². The fourth-order valence-electron chi connectivity index (χ4n) is 3.33. The molecule has 0 aliphatic carbocycles. The summed E-state index contributed by atoms with van der Waals surface area (Å²) >= 11 is 0. The maximum atomic E-state index is 12.8. The van der Waals surface area contributed by atoms with Gasteiger partial charge in [0.1, 0.15) is 0 Å². The van der Waals surface area contributed by atoms with Crippen molar-refractivity contribution in [1.82, 2.24) is 19.8 Å². The molecular weight excluding hydrogens is 440 g/mol. The SMILES string of the molecule is O=C(c1ccncc1)N1CCOCCOCCN(C(=O)c2ccncc2)CCOCCOCC1. The van der Waals surface area contributed by atoms with E-state index in [4.69, 9.17) is 18.9 Å². The number of nitrogens with zero attached hydrogens (tertiary/aromatic N) is 4. The lowest BCUT2D eigenvalue weighted by Gasteiger charge is -2.24. The van der Waals surface area contributed by atoms with Gasteiger partial charge >= 0.3 is 0 Å². The maximum absolute atomic E-state index is 12.8. The van der Waals surface area contributed by atoms with Crippen LogP contribution in [0.4, 0.5) is 0 Å². The van der Waals surface area contributed by atoms with Gasteiger partial charge in [0.2, 0.25) is 0 Å². The monoisotopic (exact) mass is 472 g/mol. The van der Waals surface area contributed by atoms with Crippen LogP contribution < -0.4 is 0 Å². The Labute approximate surface area is 199 Å². The van der Waals surface area contributed by atoms with Crippen LogP contribution in [0.3, 0.4) is 0 Å². The average Bonchev–Trinajstić information content (AvgIpc) is 2.89. The Bertz CT molecular complexity index is 764. The molecule has 2 aromatic heterocycles. The highest BCUT2D eigenvalue weighted by Gasteiger charge is 2.17. The van der Waals surface area contributed by atoms with Crippen LogP contribution in [0.5, 0.6) is 0 Å². The maximum Gasteiger partial charge on any atom is 0.254 e. The minimum Gasteiger partial charge on any atom is -0.377 e. The quantitative estimate of drug-likeness (QED) is 0.641. The van der Waals surface area contributed by atoms with Crippen molar-refractivity contribution in [3.63, 3.8) is 0 Å². The molecule has 34 heavy (non-hydrogen) atoms. The number of pyridine rings is 2. The first-order chi connectivity index (χ1) is 16.8. The Balaban J connectivity index is 1.50. The van der Waals surface area contributed by atoms with Gasteiger partial charge in [-0.3, -0.25) is 19.6 Å². The number of rotatable bonds is 2. The molecule has 10 nitrogen and oxygen atoms in total. The standard InChI is InChI=1S/C24H32N4O6/c29-23(21-1-5-25-6-2-21)27-9-13-31-17-19-33-15-11-28(12-16-34-20-18-32-14-10-27)24(30)22-3-7-26-8-4-22/h1-8H,9-20H2. The molecule has 2 aromatic rings. The second-order valence-corrected chi connectivity index (χ2v) is 7.51. The van der Waals surface area contributed by atoms with Crippen molar-refractivity contribution in [3.8, 4) is 0 Å². The van der Waals surface area contributed by atoms with Crippen LogP contribution in [0.1, 0.15) is 20.7 Å². The molecule has 184 valence electrons. The largest absolute Gasteiger partial charge is 0.377 e. The van der Waals surface area contributed by atoms with Crippen LogP contribution in [0, 0.1) is 0 Å². The van der Waals surface area contributed by atoms with E-state index in [0.29, 0.717) is 90.2 Å². The fourth-order valence-corrected chi connectivity index (χ4v) is 3.33. The first-order valence-corrected chi connectivity index (χ1v) is 11.5. The number of amides is 2. The number of aromatic nitrogens is 2. The lowest BCUT2D eigenvalue weighted by molar-refractivity contribution is 0.00889. The molecule has 10 heteroatoms. The Kier molecular flexibility index (Phi) is 11.4. The molecule has 1 saturated heterocycles. The number of hydrogen-bond donors (Lipinski definition) is 0. The summed E-state index contributed by atoms with van der Waals surface area (Å²) in [6.07, 6.45) is 6.40. The number of carbonyl (C=O) groups is 2. The molecule has 3 heterocycles. The van der Waals surface area contributed by atoms with Crippen LogP contribution in [0.2, 0.25) is 0 Å². The summed E-state index contributed by atoms with van der Waals surface area (Å²) in [6.45, 7) is 4.89. The van der Waals surface area contributed by atoms with Crippen LogP contribution in [-0.2, 0) is 18.9 Å². The summed E-state index contributed by atoms with van der Waals surface area (Å²) in [6, 6.07) is 6.78. The number of ether oxygens (including phenoxy) is 4. The highest BCUT2D eigenvalue weighted by molar-refractivity contribution is 5.94. The van der Waals surface area contributed by atoms with E-state index in [1.807, 2.05) is 0 Å². The molecule has 0 bridgehead atoms. The minimum atomic E-state index is -0.0875. The fraction of sp³-hybridized carbons (Fsp3) is 0.500. The van der Waals surface area contributed by atoms with E-state index >= 15 is 0 Å². The van der Waals surface area contributed by atoms with E-state index in [-0.39, 0.29) is 11.8 Å². The molecule has 0 saturated carbocycles. The summed E-state index contributed by atoms with van der Waals surface area (Å²) < 4.78 is 22.6. The highest BCUT2D eigenvalue weighted by atomic mass is 16.5. The Hall–Kier alpha value is -2.92. The topological polar surface area (TPSA) is 103 Å². The van der Waals surface area contributed by atoms with E-state index in [9.17, 15) is 9.59 Å². The van der Waals surface area contributed by atoms with E-state index in [1.165, 1.54) is 0 Å². The van der Waals surface area contributed by atoms with E-state index in [0.717, 1.165) is 0 Å². The molecule has 1 fully saturated rings. The van der Waals surface area contributed by atoms with Crippen molar-refractivity contribution >= 4 is 11.8 Å². The van der Waals surface area contributed by atoms with Crippen molar-refractivity contribution in [3.05, 3.63) is 60.2 Å². The molecule has 1 aliphatic heterocycles. The van der Waals surface area contributed by atoms with Crippen LogP contribution >= 0.6 is 0 Å². The molecule has 3 rings (SSSR count). The van der Waals surface area contributed by atoms with Crippen LogP contribution in [-0.4, -0.2) is 111 Å². The average molecular weight is 473 g/mol. The van der Waals surface area contributed by atoms with Gasteiger partial charge in [-0.15, -0.1) is 0 Å². The molecule has 0 radical (unpaired) electrons. The van der Waals surface area contributed by atoms with Crippen LogP contribution in [0.25, 0.3) is 0 Å². The lowest BCUT2D eigenvalue weighted by Crippen LogP contribution is -2.38. The predicted molar refractivity (Wildman–Crippen MR) is 124 cm³/mol. The summed E-state index contributed by atoms with van der Waals surface area (Å²) in [7, 11) is 0. The van der Waals surface area contributed by atoms with Crippen molar-refractivity contribution in [2.75, 3.05) is 79.0 Å². The molecule has 1 aliphatic rings. The van der Waals surface area contributed by atoms with E-state index in [1.54, 1.807) is 58.9 Å². The highest BCUT2D eigenvalue weighted by Crippen LogP contribution is 2.05. The van der Waals surface area contributed by atoms with Gasteiger partial charge in [-0.2, -0.15) is 0 Å². The minimum absolute atomic E-state index is 0.0875. The third-order valence-electron chi connectivity index (χ3n) is 5.20. The Morgan fingerprint density at radius 2 is 0.824 bits per heavy atom. The third-order valence-corrected chi connectivity index (χ3v) is 5.20. The summed E-state index contributed by atoms with van der Waals surface area (Å²) in [5, 5.41) is 0. The molecule has 0 atom stereocenters. The lowest BCUT2D eigenvalue weighted by atomic mass is 10.2. The molecule has 0 N–H and O–H groups in total. The van der Waals surface area contributed by atoms with Gasteiger partial charge in [-0.1, -0.05) is 0 Å². The smallest absolute Gasteiger partial charge is 0.254 e. The van der Waals surface area contributed by atoms with E-state index in [2.05, 4.69) is 9.97 Å². The van der Waals surface area contributed by atoms with E-state index < -0.39 is 0 Å². The van der Waals surface area contributed by atoms with Crippen molar-refractivity contribution < 1.29 is 28.5 Å². The zero-order chi connectivity index (χ0) is 23.8. The Morgan fingerprint density at radius 1 is 0.529 bits per heavy atom. The number of carbonyl (C=O) groups excluding carboxylic acids is 2. The molecule has 2 amide bonds. The van der Waals surface area contributed by atoms with Crippen LogP contribution in [0.15, 0.2) is 49.1 Å². The summed E-state index contributed by atoms with van der Waals surface area (Å²) in [5.41, 5.74) is 1.16.